The van der Waals surface area contributed by atoms with Gasteiger partial charge in [-0.2, -0.15) is 0 Å². The molecule has 1 heterocycles. The molecule has 1 aliphatic heterocycles. The molecule has 0 saturated carbocycles. The number of hydrogen-bond acceptors (Lipinski definition) is 2. The molecule has 3 heteroatoms. The zero-order valence-corrected chi connectivity index (χ0v) is 11.1. The second kappa shape index (κ2) is 5.11. The van der Waals surface area contributed by atoms with Crippen molar-refractivity contribution in [3.05, 3.63) is 35.9 Å². The van der Waals surface area contributed by atoms with Gasteiger partial charge in [0, 0.05) is 6.04 Å². The molecule has 1 saturated heterocycles. The lowest BCUT2D eigenvalue weighted by molar-refractivity contribution is -0.146. The largest absolute Gasteiger partial charge is 0.481 e. The van der Waals surface area contributed by atoms with Gasteiger partial charge in [-0.3, -0.25) is 4.79 Å². The molecule has 18 heavy (non-hydrogen) atoms. The monoisotopic (exact) mass is 247 g/mol. The Morgan fingerprint density at radius 2 is 2.11 bits per heavy atom. The lowest BCUT2D eigenvalue weighted by Crippen LogP contribution is -2.50. The summed E-state index contributed by atoms with van der Waals surface area (Å²) < 4.78 is 0. The second-order valence-corrected chi connectivity index (χ2v) is 5.25. The number of piperidine rings is 1. The fraction of sp³-hybridized carbons (Fsp3) is 0.533. The minimum absolute atomic E-state index is 0.357. The topological polar surface area (TPSA) is 40.5 Å². The molecule has 1 aromatic carbocycles. The van der Waals surface area contributed by atoms with Crippen molar-refractivity contribution in [2.45, 2.75) is 37.6 Å². The van der Waals surface area contributed by atoms with Gasteiger partial charge in [-0.15, -0.1) is 0 Å². The van der Waals surface area contributed by atoms with E-state index in [1.54, 1.807) is 0 Å². The first-order valence-corrected chi connectivity index (χ1v) is 6.59. The molecular formula is C15H21NO2. The third-order valence-electron chi connectivity index (χ3n) is 4.31. The van der Waals surface area contributed by atoms with E-state index in [1.807, 2.05) is 30.3 Å². The van der Waals surface area contributed by atoms with Gasteiger partial charge < -0.3 is 10.0 Å². The molecule has 3 nitrogen and oxygen atoms in total. The minimum Gasteiger partial charge on any atom is -0.481 e. The Bertz CT molecular complexity index is 418. The fourth-order valence-electron chi connectivity index (χ4n) is 3.00. The van der Waals surface area contributed by atoms with Crippen LogP contribution >= 0.6 is 0 Å². The summed E-state index contributed by atoms with van der Waals surface area (Å²) in [5, 5.41) is 9.72. The van der Waals surface area contributed by atoms with Gasteiger partial charge in [-0.05, 0) is 38.4 Å². The maximum absolute atomic E-state index is 11.8. The smallest absolute Gasteiger partial charge is 0.314 e. The molecule has 98 valence electrons. The molecule has 1 aliphatic rings. The molecule has 1 aromatic rings. The maximum atomic E-state index is 11.8. The average molecular weight is 247 g/mol. The molecule has 0 aromatic heterocycles. The van der Waals surface area contributed by atoms with Gasteiger partial charge in [0.05, 0.1) is 5.41 Å². The van der Waals surface area contributed by atoms with E-state index in [0.29, 0.717) is 18.9 Å². The van der Waals surface area contributed by atoms with Crippen LogP contribution in [-0.4, -0.2) is 35.6 Å². The summed E-state index contributed by atoms with van der Waals surface area (Å²) in [6.07, 6.45) is 2.40. The number of hydrogen-bond donors (Lipinski definition) is 1. The summed E-state index contributed by atoms with van der Waals surface area (Å²) in [6.45, 7) is 2.98. The Morgan fingerprint density at radius 3 is 2.67 bits per heavy atom. The van der Waals surface area contributed by atoms with Crippen molar-refractivity contribution >= 4 is 5.97 Å². The molecule has 2 rings (SSSR count). The summed E-state index contributed by atoms with van der Waals surface area (Å²) in [4.78, 5) is 14.1. The van der Waals surface area contributed by atoms with Gasteiger partial charge >= 0.3 is 5.97 Å². The van der Waals surface area contributed by atoms with Crippen LogP contribution in [0.5, 0.6) is 0 Å². The van der Waals surface area contributed by atoms with Crippen molar-refractivity contribution in [2.24, 2.45) is 0 Å². The van der Waals surface area contributed by atoms with E-state index < -0.39 is 11.4 Å². The number of likely N-dealkylation sites (tertiary alicyclic amines) is 1. The van der Waals surface area contributed by atoms with Gasteiger partial charge in [0.15, 0.2) is 0 Å². The summed E-state index contributed by atoms with van der Waals surface area (Å²) in [7, 11) is 2.09. The average Bonchev–Trinajstić information content (AvgIpc) is 2.40. The predicted octanol–water partition coefficient (Wildman–Crippen LogP) is 2.51. The van der Waals surface area contributed by atoms with Gasteiger partial charge in [-0.25, -0.2) is 0 Å². The number of carboxylic acids is 1. The van der Waals surface area contributed by atoms with Crippen molar-refractivity contribution < 1.29 is 9.90 Å². The number of nitrogens with zero attached hydrogens (tertiary/aromatic N) is 1. The normalized spacial score (nSPS) is 29.1. The third kappa shape index (κ3) is 2.15. The molecule has 0 radical (unpaired) electrons. The van der Waals surface area contributed by atoms with Crippen molar-refractivity contribution in [3.63, 3.8) is 0 Å². The van der Waals surface area contributed by atoms with Gasteiger partial charge in [-0.1, -0.05) is 37.3 Å². The maximum Gasteiger partial charge on any atom is 0.314 e. The number of rotatable bonds is 3. The molecule has 0 bridgehead atoms. The van der Waals surface area contributed by atoms with E-state index in [1.165, 1.54) is 0 Å². The van der Waals surface area contributed by atoms with Crippen LogP contribution in [-0.2, 0) is 10.2 Å². The molecule has 0 amide bonds. The standard InChI is InChI=1S/C15H21NO2/c1-3-13-11-15(14(17)18,9-10-16(13)2)12-7-5-4-6-8-12/h4-8,13H,3,9-11H2,1-2H3,(H,17,18). The van der Waals surface area contributed by atoms with Crippen LogP contribution in [0, 0.1) is 0 Å². The van der Waals surface area contributed by atoms with Crippen LogP contribution in [0.4, 0.5) is 0 Å². The molecule has 0 aliphatic carbocycles. The second-order valence-electron chi connectivity index (χ2n) is 5.25. The van der Waals surface area contributed by atoms with Gasteiger partial charge in [0.2, 0.25) is 0 Å². The van der Waals surface area contributed by atoms with Crippen molar-refractivity contribution in [1.29, 1.82) is 0 Å². The van der Waals surface area contributed by atoms with Crippen LogP contribution in [0.15, 0.2) is 30.3 Å². The molecule has 0 spiro atoms. The Morgan fingerprint density at radius 1 is 1.44 bits per heavy atom. The van der Waals surface area contributed by atoms with Crippen molar-refractivity contribution in [1.82, 2.24) is 4.90 Å². The van der Waals surface area contributed by atoms with Crippen LogP contribution in [0.25, 0.3) is 0 Å². The first-order valence-electron chi connectivity index (χ1n) is 6.59. The van der Waals surface area contributed by atoms with Crippen LogP contribution < -0.4 is 0 Å². The third-order valence-corrected chi connectivity index (χ3v) is 4.31. The van der Waals surface area contributed by atoms with Gasteiger partial charge in [0.1, 0.15) is 0 Å². The molecular weight excluding hydrogens is 226 g/mol. The van der Waals surface area contributed by atoms with Crippen LogP contribution in [0.1, 0.15) is 31.7 Å². The van der Waals surface area contributed by atoms with Gasteiger partial charge in [0.25, 0.3) is 0 Å². The molecule has 1 fully saturated rings. The molecule has 1 N–H and O–H groups in total. The number of carboxylic acid groups (broad SMARTS) is 1. The highest BCUT2D eigenvalue weighted by atomic mass is 16.4. The first-order chi connectivity index (χ1) is 8.60. The predicted molar refractivity (Wildman–Crippen MR) is 71.7 cm³/mol. The molecule has 2 unspecified atom stereocenters. The van der Waals surface area contributed by atoms with E-state index in [0.717, 1.165) is 18.5 Å². The lowest BCUT2D eigenvalue weighted by atomic mass is 9.70. The van der Waals surface area contributed by atoms with E-state index in [-0.39, 0.29) is 0 Å². The molecule has 2 atom stereocenters. The number of benzene rings is 1. The number of carbonyl (C=O) groups is 1. The number of aliphatic carboxylic acids is 1. The van der Waals surface area contributed by atoms with E-state index in [9.17, 15) is 9.90 Å². The Balaban J connectivity index is 2.37. The van der Waals surface area contributed by atoms with E-state index in [4.69, 9.17) is 0 Å². The lowest BCUT2D eigenvalue weighted by Gasteiger charge is -2.43. The Kier molecular flexibility index (Phi) is 3.71. The Hall–Kier alpha value is -1.35. The van der Waals surface area contributed by atoms with Crippen LogP contribution in [0.3, 0.4) is 0 Å². The first kappa shape index (κ1) is 13.1. The SMILES string of the molecule is CCC1CC(C(=O)O)(c2ccccc2)CCN1C. The van der Waals surface area contributed by atoms with Crippen molar-refractivity contribution in [2.75, 3.05) is 13.6 Å². The fourth-order valence-corrected chi connectivity index (χ4v) is 3.00. The zero-order valence-electron chi connectivity index (χ0n) is 11.1. The summed E-state index contributed by atoms with van der Waals surface area (Å²) in [6, 6.07) is 10.1. The highest BCUT2D eigenvalue weighted by Crippen LogP contribution is 2.38. The highest BCUT2D eigenvalue weighted by Gasteiger charge is 2.45. The summed E-state index contributed by atoms with van der Waals surface area (Å²) in [5.74, 6) is -0.680. The Labute approximate surface area is 108 Å². The zero-order chi connectivity index (χ0) is 13.2. The highest BCUT2D eigenvalue weighted by molar-refractivity contribution is 5.81. The van der Waals surface area contributed by atoms with E-state index in [2.05, 4.69) is 18.9 Å². The van der Waals surface area contributed by atoms with Crippen LogP contribution in [0.2, 0.25) is 0 Å². The van der Waals surface area contributed by atoms with Crippen molar-refractivity contribution in [3.8, 4) is 0 Å². The van der Waals surface area contributed by atoms with E-state index >= 15 is 0 Å². The summed E-state index contributed by atoms with van der Waals surface area (Å²) in [5.41, 5.74) is 0.248. The quantitative estimate of drug-likeness (QED) is 0.892. The minimum atomic E-state index is -0.700. The summed E-state index contributed by atoms with van der Waals surface area (Å²) >= 11 is 0.